The number of nitrogens with one attached hydrogen (secondary N) is 1. The predicted octanol–water partition coefficient (Wildman–Crippen LogP) is 4.61. The van der Waals surface area contributed by atoms with Crippen LogP contribution in [0.5, 0.6) is 0 Å². The number of rotatable bonds is 5. The molecule has 1 aromatic heterocycles. The molecule has 7 heteroatoms. The van der Waals surface area contributed by atoms with Crippen molar-refractivity contribution < 1.29 is 4.79 Å². The van der Waals surface area contributed by atoms with Gasteiger partial charge in [0.05, 0.1) is 22.2 Å². The van der Waals surface area contributed by atoms with Crippen molar-refractivity contribution in [1.29, 1.82) is 5.26 Å². The van der Waals surface area contributed by atoms with Gasteiger partial charge in [-0.3, -0.25) is 9.69 Å². The number of anilines is 1. The minimum absolute atomic E-state index is 0.173. The van der Waals surface area contributed by atoms with Gasteiger partial charge < -0.3 is 5.32 Å². The number of thiophene rings is 1. The molecule has 24 heavy (non-hydrogen) atoms. The second-order valence-electron chi connectivity index (χ2n) is 5.53. The van der Waals surface area contributed by atoms with Gasteiger partial charge in [-0.05, 0) is 38.1 Å². The SMILES string of the molecule is Cc1sc(NC(=O)CN(C)Cc2cccc(Cl)c2Cl)c(C#N)c1C. The molecule has 0 fully saturated rings. The zero-order chi connectivity index (χ0) is 17.9. The quantitative estimate of drug-likeness (QED) is 0.821. The number of halogens is 2. The highest BCUT2D eigenvalue weighted by Crippen LogP contribution is 2.31. The Bertz CT molecular complexity index is 811. The number of aryl methyl sites for hydroxylation is 1. The van der Waals surface area contributed by atoms with Crippen LogP contribution in [0.25, 0.3) is 0 Å². The van der Waals surface area contributed by atoms with Gasteiger partial charge in [0, 0.05) is 11.4 Å². The summed E-state index contributed by atoms with van der Waals surface area (Å²) in [5.41, 5.74) is 2.31. The number of hydrogen-bond donors (Lipinski definition) is 1. The molecule has 126 valence electrons. The first-order valence-corrected chi connectivity index (χ1v) is 8.82. The summed E-state index contributed by atoms with van der Waals surface area (Å²) in [5, 5.41) is 13.7. The van der Waals surface area contributed by atoms with Crippen molar-refractivity contribution in [2.24, 2.45) is 0 Å². The van der Waals surface area contributed by atoms with Crippen molar-refractivity contribution in [3.8, 4) is 6.07 Å². The summed E-state index contributed by atoms with van der Waals surface area (Å²) in [5.74, 6) is -0.173. The largest absolute Gasteiger partial charge is 0.315 e. The Morgan fingerprint density at radius 1 is 1.38 bits per heavy atom. The van der Waals surface area contributed by atoms with E-state index in [9.17, 15) is 10.1 Å². The third kappa shape index (κ3) is 4.28. The van der Waals surface area contributed by atoms with E-state index in [1.807, 2.05) is 37.9 Å². The highest BCUT2D eigenvalue weighted by molar-refractivity contribution is 7.16. The summed E-state index contributed by atoms with van der Waals surface area (Å²) in [7, 11) is 1.83. The first-order valence-electron chi connectivity index (χ1n) is 7.24. The predicted molar refractivity (Wildman–Crippen MR) is 99.9 cm³/mol. The molecule has 2 aromatic rings. The molecule has 0 aliphatic carbocycles. The van der Waals surface area contributed by atoms with Crippen molar-refractivity contribution in [3.63, 3.8) is 0 Å². The molecule has 0 atom stereocenters. The van der Waals surface area contributed by atoms with Crippen LogP contribution in [0.15, 0.2) is 18.2 Å². The zero-order valence-electron chi connectivity index (χ0n) is 13.6. The van der Waals surface area contributed by atoms with Gasteiger partial charge in [0.25, 0.3) is 0 Å². The first-order chi connectivity index (χ1) is 11.3. The van der Waals surface area contributed by atoms with Crippen molar-refractivity contribution in [2.45, 2.75) is 20.4 Å². The van der Waals surface area contributed by atoms with Crippen LogP contribution < -0.4 is 5.32 Å². The molecule has 0 unspecified atom stereocenters. The van der Waals surface area contributed by atoms with Crippen LogP contribution >= 0.6 is 34.5 Å². The van der Waals surface area contributed by atoms with Crippen LogP contribution in [0.3, 0.4) is 0 Å². The van der Waals surface area contributed by atoms with Crippen LogP contribution in [0, 0.1) is 25.2 Å². The minimum Gasteiger partial charge on any atom is -0.315 e. The van der Waals surface area contributed by atoms with Gasteiger partial charge in [0.1, 0.15) is 11.1 Å². The van der Waals surface area contributed by atoms with E-state index in [0.29, 0.717) is 27.2 Å². The average Bonchev–Trinajstić information content (AvgIpc) is 2.77. The van der Waals surface area contributed by atoms with Gasteiger partial charge in [-0.15, -0.1) is 11.3 Å². The van der Waals surface area contributed by atoms with E-state index in [-0.39, 0.29) is 12.5 Å². The van der Waals surface area contributed by atoms with Crippen LogP contribution in [0.4, 0.5) is 5.00 Å². The lowest BCUT2D eigenvalue weighted by atomic mass is 10.2. The summed E-state index contributed by atoms with van der Waals surface area (Å²) in [6.07, 6.45) is 0. The summed E-state index contributed by atoms with van der Waals surface area (Å²) < 4.78 is 0. The van der Waals surface area contributed by atoms with Crippen molar-refractivity contribution in [1.82, 2.24) is 4.90 Å². The molecule has 1 aromatic carbocycles. The standard InChI is InChI=1S/C17H17Cl2N3OS/c1-10-11(2)24-17(13(10)7-20)21-15(23)9-22(3)8-12-5-4-6-14(18)16(12)19/h4-6H,8-9H2,1-3H3,(H,21,23). The molecule has 0 aliphatic rings. The third-order valence-corrected chi connectivity index (χ3v) is 5.62. The number of carbonyl (C=O) groups is 1. The van der Waals surface area contributed by atoms with Gasteiger partial charge in [-0.1, -0.05) is 35.3 Å². The number of carbonyl (C=O) groups excluding carboxylic acids is 1. The molecule has 0 spiro atoms. The zero-order valence-corrected chi connectivity index (χ0v) is 15.9. The molecule has 2 rings (SSSR count). The summed E-state index contributed by atoms with van der Waals surface area (Å²) in [6.45, 7) is 4.50. The molecule has 1 N–H and O–H groups in total. The highest BCUT2D eigenvalue weighted by atomic mass is 35.5. The Morgan fingerprint density at radius 3 is 2.75 bits per heavy atom. The molecule has 0 saturated heterocycles. The fourth-order valence-corrected chi connectivity index (χ4v) is 3.69. The van der Waals surface area contributed by atoms with E-state index >= 15 is 0 Å². The van der Waals surface area contributed by atoms with Gasteiger partial charge in [0.15, 0.2) is 0 Å². The maximum atomic E-state index is 12.2. The smallest absolute Gasteiger partial charge is 0.239 e. The summed E-state index contributed by atoms with van der Waals surface area (Å²) >= 11 is 13.6. The maximum absolute atomic E-state index is 12.2. The molecule has 1 amide bonds. The topological polar surface area (TPSA) is 56.1 Å². The number of amides is 1. The van der Waals surface area contributed by atoms with E-state index in [0.717, 1.165) is 16.0 Å². The Hall–Kier alpha value is -1.58. The lowest BCUT2D eigenvalue weighted by Crippen LogP contribution is -2.29. The summed E-state index contributed by atoms with van der Waals surface area (Å²) in [4.78, 5) is 15.1. The number of nitrogens with zero attached hydrogens (tertiary/aromatic N) is 2. The second-order valence-corrected chi connectivity index (χ2v) is 7.54. The van der Waals surface area contributed by atoms with E-state index in [1.165, 1.54) is 11.3 Å². The Balaban J connectivity index is 2.01. The number of hydrogen-bond acceptors (Lipinski definition) is 4. The van der Waals surface area contributed by atoms with Gasteiger partial charge in [0.2, 0.25) is 5.91 Å². The van der Waals surface area contributed by atoms with Gasteiger partial charge in [-0.25, -0.2) is 0 Å². The molecule has 1 heterocycles. The molecule has 0 bridgehead atoms. The number of nitriles is 1. The van der Waals surface area contributed by atoms with E-state index in [1.54, 1.807) is 6.07 Å². The fraction of sp³-hybridized carbons (Fsp3) is 0.294. The molecule has 0 aliphatic heterocycles. The molecule has 0 saturated carbocycles. The normalized spacial score (nSPS) is 10.7. The lowest BCUT2D eigenvalue weighted by molar-refractivity contribution is -0.117. The first kappa shape index (κ1) is 18.8. The molecule has 0 radical (unpaired) electrons. The van der Waals surface area contributed by atoms with Gasteiger partial charge >= 0.3 is 0 Å². The third-order valence-electron chi connectivity index (χ3n) is 3.64. The van der Waals surface area contributed by atoms with Crippen molar-refractivity contribution in [2.75, 3.05) is 18.9 Å². The second kappa shape index (κ2) is 8.00. The average molecular weight is 382 g/mol. The van der Waals surface area contributed by atoms with Crippen molar-refractivity contribution >= 4 is 45.4 Å². The van der Waals surface area contributed by atoms with Crippen molar-refractivity contribution in [3.05, 3.63) is 49.8 Å². The van der Waals surface area contributed by atoms with Gasteiger partial charge in [-0.2, -0.15) is 5.26 Å². The Kier molecular flexibility index (Phi) is 6.25. The van der Waals surface area contributed by atoms with Crippen LogP contribution in [-0.2, 0) is 11.3 Å². The molecule has 4 nitrogen and oxygen atoms in total. The Labute approximate surface area is 155 Å². The highest BCUT2D eigenvalue weighted by Gasteiger charge is 2.16. The minimum atomic E-state index is -0.173. The molecular weight excluding hydrogens is 365 g/mol. The number of benzene rings is 1. The summed E-state index contributed by atoms with van der Waals surface area (Å²) in [6, 6.07) is 7.58. The molecular formula is C17H17Cl2N3OS. The van der Waals surface area contributed by atoms with Crippen LogP contribution in [0.1, 0.15) is 21.6 Å². The lowest BCUT2D eigenvalue weighted by Gasteiger charge is -2.17. The fourth-order valence-electron chi connectivity index (χ4n) is 2.28. The van der Waals surface area contributed by atoms with Crippen LogP contribution in [0.2, 0.25) is 10.0 Å². The number of likely N-dealkylation sites (N-methyl/N-ethyl adjacent to an activating group) is 1. The van der Waals surface area contributed by atoms with Crippen LogP contribution in [-0.4, -0.2) is 24.4 Å². The van der Waals surface area contributed by atoms with E-state index < -0.39 is 0 Å². The van der Waals surface area contributed by atoms with E-state index in [2.05, 4.69) is 11.4 Å². The maximum Gasteiger partial charge on any atom is 0.239 e. The monoisotopic (exact) mass is 381 g/mol. The Morgan fingerprint density at radius 2 is 2.08 bits per heavy atom. The van der Waals surface area contributed by atoms with E-state index in [4.69, 9.17) is 23.2 Å².